The molecule has 2 unspecified atom stereocenters. The topological polar surface area (TPSA) is 66.4 Å². The van der Waals surface area contributed by atoms with Crippen LogP contribution in [0.1, 0.15) is 18.9 Å². The zero-order chi connectivity index (χ0) is 14.2. The molecule has 7 heteroatoms. The number of nitrogens with one attached hydrogen (secondary N) is 1. The molecule has 1 fully saturated rings. The van der Waals surface area contributed by atoms with Crippen molar-refractivity contribution >= 4 is 26.0 Å². The largest absolute Gasteiger partial charge is 0.392 e. The predicted molar refractivity (Wildman–Crippen MR) is 72.5 cm³/mol. The number of hydrogen-bond donors (Lipinski definition) is 2. The first-order valence-electron chi connectivity index (χ1n) is 5.93. The van der Waals surface area contributed by atoms with Crippen molar-refractivity contribution in [2.24, 2.45) is 11.8 Å². The molecule has 0 aromatic heterocycles. The Morgan fingerprint density at radius 2 is 2.16 bits per heavy atom. The van der Waals surface area contributed by atoms with Gasteiger partial charge in [-0.05, 0) is 30.4 Å². The van der Waals surface area contributed by atoms with Gasteiger partial charge < -0.3 is 5.11 Å². The van der Waals surface area contributed by atoms with Crippen LogP contribution in [0.4, 0.5) is 4.39 Å². The molecular weight excluding hydrogens is 337 g/mol. The van der Waals surface area contributed by atoms with E-state index in [2.05, 4.69) is 20.7 Å². The van der Waals surface area contributed by atoms with E-state index in [1.165, 1.54) is 12.1 Å². The van der Waals surface area contributed by atoms with Gasteiger partial charge in [0.15, 0.2) is 0 Å². The maximum Gasteiger partial charge on any atom is 0.243 e. The summed E-state index contributed by atoms with van der Waals surface area (Å²) in [6, 6.07) is 2.56. The fourth-order valence-electron chi connectivity index (χ4n) is 1.91. The van der Waals surface area contributed by atoms with Gasteiger partial charge in [0, 0.05) is 16.6 Å². The smallest absolute Gasteiger partial charge is 0.243 e. The molecule has 2 N–H and O–H groups in total. The van der Waals surface area contributed by atoms with E-state index in [1.54, 1.807) is 0 Å². The number of sulfonamides is 1. The average molecular weight is 352 g/mol. The van der Waals surface area contributed by atoms with Crippen molar-refractivity contribution in [3.8, 4) is 0 Å². The van der Waals surface area contributed by atoms with Gasteiger partial charge in [-0.25, -0.2) is 17.5 Å². The molecule has 0 bridgehead atoms. The summed E-state index contributed by atoms with van der Waals surface area (Å²) >= 11 is 3.11. The van der Waals surface area contributed by atoms with Crippen LogP contribution in [0, 0.1) is 17.7 Å². The van der Waals surface area contributed by atoms with Crippen molar-refractivity contribution in [1.29, 1.82) is 0 Å². The van der Waals surface area contributed by atoms with E-state index < -0.39 is 27.3 Å². The first kappa shape index (κ1) is 14.9. The Hall–Kier alpha value is -0.500. The van der Waals surface area contributed by atoms with E-state index in [1.807, 2.05) is 6.92 Å². The molecule has 1 aromatic carbocycles. The summed E-state index contributed by atoms with van der Waals surface area (Å²) in [5.74, 6) is -0.0487. The summed E-state index contributed by atoms with van der Waals surface area (Å²) < 4.78 is 40.9. The zero-order valence-electron chi connectivity index (χ0n) is 10.4. The molecule has 19 heavy (non-hydrogen) atoms. The monoisotopic (exact) mass is 351 g/mol. The second-order valence-corrected chi connectivity index (χ2v) is 7.51. The zero-order valence-corrected chi connectivity index (χ0v) is 12.8. The van der Waals surface area contributed by atoms with E-state index in [4.69, 9.17) is 5.11 Å². The Kier molecular flexibility index (Phi) is 4.29. The fourth-order valence-corrected chi connectivity index (χ4v) is 3.80. The van der Waals surface area contributed by atoms with Gasteiger partial charge >= 0.3 is 0 Å². The first-order chi connectivity index (χ1) is 8.85. The van der Waals surface area contributed by atoms with Crippen LogP contribution in [0.25, 0.3) is 0 Å². The van der Waals surface area contributed by atoms with Crippen LogP contribution in [0.3, 0.4) is 0 Å². The van der Waals surface area contributed by atoms with Gasteiger partial charge in [-0.1, -0.05) is 22.9 Å². The van der Waals surface area contributed by atoms with Crippen LogP contribution in [0.15, 0.2) is 21.5 Å². The van der Waals surface area contributed by atoms with E-state index in [0.29, 0.717) is 22.9 Å². The quantitative estimate of drug-likeness (QED) is 0.852. The highest BCUT2D eigenvalue weighted by atomic mass is 79.9. The normalized spacial score (nSPS) is 22.5. The van der Waals surface area contributed by atoms with Gasteiger partial charge in [-0.2, -0.15) is 0 Å². The Bertz CT molecular complexity index is 591. The van der Waals surface area contributed by atoms with Gasteiger partial charge in [-0.3, -0.25) is 0 Å². The second kappa shape index (κ2) is 5.47. The van der Waals surface area contributed by atoms with Crippen molar-refractivity contribution in [1.82, 2.24) is 4.72 Å². The Labute approximate surface area is 120 Å². The second-order valence-electron chi connectivity index (χ2n) is 4.86. The highest BCUT2D eigenvalue weighted by molar-refractivity contribution is 9.10. The Morgan fingerprint density at radius 3 is 2.68 bits per heavy atom. The summed E-state index contributed by atoms with van der Waals surface area (Å²) in [4.78, 5) is -0.431. The number of benzene rings is 1. The SMILES string of the molecule is CC1CC1CNS(=O)(=O)c1cc(Br)cc(CO)c1F. The van der Waals surface area contributed by atoms with Gasteiger partial charge in [0.1, 0.15) is 10.7 Å². The molecule has 0 radical (unpaired) electrons. The first-order valence-corrected chi connectivity index (χ1v) is 8.21. The van der Waals surface area contributed by atoms with Crippen LogP contribution in [0.5, 0.6) is 0 Å². The lowest BCUT2D eigenvalue weighted by molar-refractivity contribution is 0.274. The molecule has 0 saturated heterocycles. The van der Waals surface area contributed by atoms with E-state index in [9.17, 15) is 12.8 Å². The summed E-state index contributed by atoms with van der Waals surface area (Å²) in [7, 11) is -3.89. The van der Waals surface area contributed by atoms with Crippen LogP contribution in [0.2, 0.25) is 0 Å². The third-order valence-corrected chi connectivity index (χ3v) is 5.23. The van der Waals surface area contributed by atoms with Crippen molar-refractivity contribution in [3.05, 3.63) is 28.0 Å². The Balaban J connectivity index is 2.26. The number of halogens is 2. The standard InChI is InChI=1S/C12H15BrFNO3S/c1-7-2-8(7)5-15-19(17,18)11-4-10(13)3-9(6-16)12(11)14/h3-4,7-8,15-16H,2,5-6H2,1H3. The maximum absolute atomic E-state index is 14.0. The highest BCUT2D eigenvalue weighted by Gasteiger charge is 2.34. The lowest BCUT2D eigenvalue weighted by Crippen LogP contribution is -2.27. The maximum atomic E-state index is 14.0. The number of aliphatic hydroxyl groups is 1. The summed E-state index contributed by atoms with van der Waals surface area (Å²) in [6.45, 7) is 1.82. The molecule has 0 spiro atoms. The molecule has 1 aliphatic rings. The van der Waals surface area contributed by atoms with E-state index in [-0.39, 0.29) is 5.56 Å². The van der Waals surface area contributed by atoms with Crippen LogP contribution < -0.4 is 4.72 Å². The molecule has 0 heterocycles. The third-order valence-electron chi connectivity index (χ3n) is 3.35. The molecular formula is C12H15BrFNO3S. The highest BCUT2D eigenvalue weighted by Crippen LogP contribution is 2.37. The molecule has 4 nitrogen and oxygen atoms in total. The number of aliphatic hydroxyl groups excluding tert-OH is 1. The minimum atomic E-state index is -3.89. The van der Waals surface area contributed by atoms with Crippen molar-refractivity contribution < 1.29 is 17.9 Å². The summed E-state index contributed by atoms with van der Waals surface area (Å²) in [5, 5.41) is 9.02. The van der Waals surface area contributed by atoms with Gasteiger partial charge in [-0.15, -0.1) is 0 Å². The molecule has 2 atom stereocenters. The van der Waals surface area contributed by atoms with Crippen molar-refractivity contribution in [2.45, 2.75) is 24.8 Å². The van der Waals surface area contributed by atoms with E-state index in [0.717, 1.165) is 6.42 Å². The fraction of sp³-hybridized carbons (Fsp3) is 0.500. The Morgan fingerprint density at radius 1 is 1.53 bits per heavy atom. The molecule has 0 amide bonds. The minimum absolute atomic E-state index is 0.0467. The molecule has 106 valence electrons. The lowest BCUT2D eigenvalue weighted by Gasteiger charge is -2.10. The molecule has 0 aliphatic heterocycles. The minimum Gasteiger partial charge on any atom is -0.392 e. The van der Waals surface area contributed by atoms with Crippen molar-refractivity contribution in [3.63, 3.8) is 0 Å². The summed E-state index contributed by atoms with van der Waals surface area (Å²) in [6.07, 6.45) is 0.991. The molecule has 2 rings (SSSR count). The van der Waals surface area contributed by atoms with Gasteiger partial charge in [0.2, 0.25) is 10.0 Å². The third kappa shape index (κ3) is 3.34. The summed E-state index contributed by atoms with van der Waals surface area (Å²) in [5.41, 5.74) is -0.0467. The van der Waals surface area contributed by atoms with Gasteiger partial charge in [0.25, 0.3) is 0 Å². The lowest BCUT2D eigenvalue weighted by atomic mass is 10.2. The van der Waals surface area contributed by atoms with E-state index >= 15 is 0 Å². The van der Waals surface area contributed by atoms with Crippen LogP contribution in [-0.4, -0.2) is 20.1 Å². The van der Waals surface area contributed by atoms with Crippen LogP contribution in [-0.2, 0) is 16.6 Å². The van der Waals surface area contributed by atoms with Gasteiger partial charge in [0.05, 0.1) is 6.61 Å². The average Bonchev–Trinajstić information content (AvgIpc) is 3.05. The van der Waals surface area contributed by atoms with Crippen molar-refractivity contribution in [2.75, 3.05) is 6.54 Å². The molecule has 1 aliphatic carbocycles. The predicted octanol–water partition coefficient (Wildman–Crippen LogP) is 2.01. The van der Waals surface area contributed by atoms with Crippen LogP contribution >= 0.6 is 15.9 Å². The molecule has 1 aromatic rings. The molecule has 1 saturated carbocycles. The number of rotatable bonds is 5. The number of hydrogen-bond acceptors (Lipinski definition) is 3.